The van der Waals surface area contributed by atoms with E-state index in [1.54, 1.807) is 0 Å². The lowest BCUT2D eigenvalue weighted by molar-refractivity contribution is 0.112. The van der Waals surface area contributed by atoms with E-state index in [9.17, 15) is 4.79 Å². The maximum atomic E-state index is 10.9. The van der Waals surface area contributed by atoms with E-state index >= 15 is 0 Å². The summed E-state index contributed by atoms with van der Waals surface area (Å²) in [6, 6.07) is 14.2. The van der Waals surface area contributed by atoms with Gasteiger partial charge in [-0.25, -0.2) is 0 Å². The van der Waals surface area contributed by atoms with Crippen LogP contribution in [0.4, 0.5) is 0 Å². The van der Waals surface area contributed by atoms with Gasteiger partial charge < -0.3 is 4.57 Å². The first-order chi connectivity index (χ1) is 11.2. The highest BCUT2D eigenvalue weighted by Gasteiger charge is 2.20. The van der Waals surface area contributed by atoms with Crippen LogP contribution in [-0.2, 0) is 6.42 Å². The van der Waals surface area contributed by atoms with Gasteiger partial charge in [0.2, 0.25) is 0 Å². The molecule has 4 heteroatoms. The summed E-state index contributed by atoms with van der Waals surface area (Å²) in [5.41, 5.74) is 5.58. The van der Waals surface area contributed by atoms with E-state index in [0.29, 0.717) is 5.56 Å². The first kappa shape index (κ1) is 14.9. The van der Waals surface area contributed by atoms with E-state index in [0.717, 1.165) is 29.3 Å². The van der Waals surface area contributed by atoms with E-state index in [4.69, 9.17) is 0 Å². The molecule has 1 aromatic heterocycles. The SMILES string of the molecule is O=Cc1ccc(-n2c3c(c4cc(Br)ccc42)C=C(Br)CC3)cc1. The molecule has 1 heterocycles. The summed E-state index contributed by atoms with van der Waals surface area (Å²) < 4.78 is 4.62. The summed E-state index contributed by atoms with van der Waals surface area (Å²) in [6.07, 6.45) is 5.11. The highest BCUT2D eigenvalue weighted by atomic mass is 79.9. The maximum Gasteiger partial charge on any atom is 0.150 e. The Morgan fingerprint density at radius 1 is 1.00 bits per heavy atom. The van der Waals surface area contributed by atoms with Crippen LogP contribution in [0.2, 0.25) is 0 Å². The number of fused-ring (bicyclic) bond motifs is 3. The molecule has 2 nitrogen and oxygen atoms in total. The van der Waals surface area contributed by atoms with Crippen LogP contribution in [0.1, 0.15) is 28.0 Å². The number of rotatable bonds is 2. The van der Waals surface area contributed by atoms with Gasteiger partial charge in [0.15, 0.2) is 0 Å². The van der Waals surface area contributed by atoms with Gasteiger partial charge in [0.1, 0.15) is 6.29 Å². The van der Waals surface area contributed by atoms with Crippen LogP contribution in [0.3, 0.4) is 0 Å². The molecule has 0 saturated carbocycles. The van der Waals surface area contributed by atoms with Gasteiger partial charge in [-0.2, -0.15) is 0 Å². The third-order valence-corrected chi connectivity index (χ3v) is 5.38. The molecule has 0 unspecified atom stereocenters. The number of hydrogen-bond donors (Lipinski definition) is 0. The number of halogens is 2. The third kappa shape index (κ3) is 2.50. The molecular weight excluding hydrogens is 418 g/mol. The van der Waals surface area contributed by atoms with Gasteiger partial charge in [-0.15, -0.1) is 0 Å². The van der Waals surface area contributed by atoms with Gasteiger partial charge >= 0.3 is 0 Å². The van der Waals surface area contributed by atoms with E-state index in [-0.39, 0.29) is 0 Å². The van der Waals surface area contributed by atoms with Crippen LogP contribution in [0.15, 0.2) is 51.4 Å². The van der Waals surface area contributed by atoms with Crippen LogP contribution < -0.4 is 0 Å². The minimum Gasteiger partial charge on any atom is -0.313 e. The number of benzene rings is 2. The highest BCUT2D eigenvalue weighted by Crippen LogP contribution is 2.38. The second-order valence-electron chi connectivity index (χ2n) is 5.66. The van der Waals surface area contributed by atoms with Crippen LogP contribution >= 0.6 is 31.9 Å². The monoisotopic (exact) mass is 429 g/mol. The molecule has 23 heavy (non-hydrogen) atoms. The van der Waals surface area contributed by atoms with E-state index < -0.39 is 0 Å². The Kier molecular flexibility index (Phi) is 3.74. The van der Waals surface area contributed by atoms with Gasteiger partial charge in [0.25, 0.3) is 0 Å². The van der Waals surface area contributed by atoms with Gasteiger partial charge in [0, 0.05) is 32.4 Å². The second kappa shape index (κ2) is 5.77. The molecule has 0 bridgehead atoms. The summed E-state index contributed by atoms with van der Waals surface area (Å²) in [6.45, 7) is 0. The Morgan fingerprint density at radius 2 is 1.78 bits per heavy atom. The van der Waals surface area contributed by atoms with Gasteiger partial charge in [-0.3, -0.25) is 4.79 Å². The Morgan fingerprint density at radius 3 is 2.52 bits per heavy atom. The largest absolute Gasteiger partial charge is 0.313 e. The summed E-state index contributed by atoms with van der Waals surface area (Å²) in [4.78, 5) is 10.9. The lowest BCUT2D eigenvalue weighted by Crippen LogP contribution is -2.04. The Bertz CT molecular complexity index is 952. The quantitative estimate of drug-likeness (QED) is 0.464. The first-order valence-corrected chi connectivity index (χ1v) is 9.00. The zero-order valence-electron chi connectivity index (χ0n) is 12.2. The van der Waals surface area contributed by atoms with Gasteiger partial charge in [0.05, 0.1) is 5.52 Å². The number of nitrogens with zero attached hydrogens (tertiary/aromatic N) is 1. The average Bonchev–Trinajstić information content (AvgIpc) is 2.88. The van der Waals surface area contributed by atoms with E-state index in [1.807, 2.05) is 24.3 Å². The fourth-order valence-electron chi connectivity index (χ4n) is 3.21. The van der Waals surface area contributed by atoms with Crippen LogP contribution in [0.5, 0.6) is 0 Å². The number of carbonyl (C=O) groups is 1. The molecule has 1 aliphatic rings. The molecule has 0 fully saturated rings. The number of aromatic nitrogens is 1. The molecule has 0 spiro atoms. The minimum atomic E-state index is 0.699. The Balaban J connectivity index is 2.04. The van der Waals surface area contributed by atoms with Crippen LogP contribution in [-0.4, -0.2) is 10.9 Å². The molecule has 1 aliphatic carbocycles. The second-order valence-corrected chi connectivity index (χ2v) is 7.59. The average molecular weight is 431 g/mol. The smallest absolute Gasteiger partial charge is 0.150 e. The van der Waals surface area contributed by atoms with Crippen LogP contribution in [0.25, 0.3) is 22.7 Å². The molecule has 4 rings (SSSR count). The van der Waals surface area contributed by atoms with Crippen molar-refractivity contribution in [1.82, 2.24) is 4.57 Å². The van der Waals surface area contributed by atoms with E-state index in [2.05, 4.69) is 60.7 Å². The van der Waals surface area contributed by atoms with Gasteiger partial charge in [-0.1, -0.05) is 31.9 Å². The summed E-state index contributed by atoms with van der Waals surface area (Å²) in [5, 5.41) is 1.24. The molecule has 3 aromatic rings. The van der Waals surface area contributed by atoms with Crippen molar-refractivity contribution >= 4 is 55.1 Å². The van der Waals surface area contributed by atoms with Crippen molar-refractivity contribution in [2.45, 2.75) is 12.8 Å². The molecule has 2 aromatic carbocycles. The van der Waals surface area contributed by atoms with E-state index in [1.165, 1.54) is 26.6 Å². The van der Waals surface area contributed by atoms with Crippen molar-refractivity contribution in [1.29, 1.82) is 0 Å². The van der Waals surface area contributed by atoms with Crippen LogP contribution in [0, 0.1) is 0 Å². The third-order valence-electron chi connectivity index (χ3n) is 4.26. The molecule has 0 radical (unpaired) electrons. The number of hydrogen-bond acceptors (Lipinski definition) is 1. The molecule has 0 aliphatic heterocycles. The Labute approximate surface area is 151 Å². The lowest BCUT2D eigenvalue weighted by Gasteiger charge is -2.15. The molecular formula is C19H13Br2NO. The maximum absolute atomic E-state index is 10.9. The number of carbonyl (C=O) groups excluding carboxylic acids is 1. The summed E-state index contributed by atoms with van der Waals surface area (Å²) >= 11 is 7.23. The Hall–Kier alpha value is -1.65. The standard InChI is InChI=1S/C19H13Br2NO/c20-13-3-7-18-16(9-13)17-10-14(21)4-8-19(17)22(18)15-5-1-12(11-23)2-6-15/h1-3,5-7,9-11H,4,8H2. The molecule has 0 saturated heterocycles. The number of aldehydes is 1. The molecule has 114 valence electrons. The van der Waals surface area contributed by atoms with Gasteiger partial charge in [-0.05, 0) is 65.9 Å². The minimum absolute atomic E-state index is 0.699. The van der Waals surface area contributed by atoms with Crippen molar-refractivity contribution in [2.75, 3.05) is 0 Å². The fraction of sp³-hybridized carbons (Fsp3) is 0.105. The normalized spacial score (nSPS) is 13.7. The topological polar surface area (TPSA) is 22.0 Å². The van der Waals surface area contributed by atoms with Crippen molar-refractivity contribution in [3.63, 3.8) is 0 Å². The van der Waals surface area contributed by atoms with Crippen molar-refractivity contribution in [2.24, 2.45) is 0 Å². The fourth-order valence-corrected chi connectivity index (χ4v) is 4.00. The van der Waals surface area contributed by atoms with Crippen molar-refractivity contribution in [3.8, 4) is 5.69 Å². The predicted octanol–water partition coefficient (Wildman–Crippen LogP) is 5.89. The summed E-state index contributed by atoms with van der Waals surface area (Å²) in [7, 11) is 0. The van der Waals surface area contributed by atoms with Crippen molar-refractivity contribution in [3.05, 3.63) is 68.2 Å². The predicted molar refractivity (Wildman–Crippen MR) is 102 cm³/mol. The summed E-state index contributed by atoms with van der Waals surface area (Å²) in [5.74, 6) is 0. The molecule has 0 amide bonds. The lowest BCUT2D eigenvalue weighted by atomic mass is 10.0. The molecule has 0 atom stereocenters. The first-order valence-electron chi connectivity index (χ1n) is 7.42. The zero-order valence-corrected chi connectivity index (χ0v) is 15.4. The molecule has 0 N–H and O–H groups in total. The number of allylic oxidation sites excluding steroid dienone is 1. The highest BCUT2D eigenvalue weighted by molar-refractivity contribution is 9.11. The zero-order chi connectivity index (χ0) is 16.0. The van der Waals surface area contributed by atoms with Crippen molar-refractivity contribution < 1.29 is 4.79 Å².